The molecule has 0 aromatic heterocycles. The van der Waals surface area contributed by atoms with Crippen LogP contribution in [0.1, 0.15) is 31.4 Å². The summed E-state index contributed by atoms with van der Waals surface area (Å²) in [6.45, 7) is 6.37. The Balaban J connectivity index is 2.99. The van der Waals surface area contributed by atoms with E-state index in [1.165, 1.54) is 0 Å². The van der Waals surface area contributed by atoms with Gasteiger partial charge in [-0.15, -0.1) is 6.58 Å². The van der Waals surface area contributed by atoms with E-state index in [1.807, 2.05) is 6.92 Å². The third-order valence-corrected chi connectivity index (χ3v) is 2.75. The summed E-state index contributed by atoms with van der Waals surface area (Å²) in [7, 11) is 0. The number of rotatable bonds is 6. The summed E-state index contributed by atoms with van der Waals surface area (Å²) in [5.74, 6) is -1.10. The van der Waals surface area contributed by atoms with Gasteiger partial charge in [0.05, 0.1) is 5.02 Å². The van der Waals surface area contributed by atoms with E-state index in [9.17, 15) is 8.78 Å². The molecule has 1 rings (SSSR count). The van der Waals surface area contributed by atoms with Crippen molar-refractivity contribution in [2.45, 2.75) is 25.8 Å². The molecule has 1 N–H and O–H groups in total. The van der Waals surface area contributed by atoms with Gasteiger partial charge in [0.1, 0.15) is 11.6 Å². The van der Waals surface area contributed by atoms with Crippen molar-refractivity contribution >= 4 is 11.6 Å². The van der Waals surface area contributed by atoms with Gasteiger partial charge in [0.25, 0.3) is 0 Å². The van der Waals surface area contributed by atoms with Crippen LogP contribution < -0.4 is 5.32 Å². The molecule has 0 aliphatic carbocycles. The molecular formula is C13H16ClF2N. The molecule has 94 valence electrons. The molecule has 0 fully saturated rings. The van der Waals surface area contributed by atoms with Crippen LogP contribution in [0.2, 0.25) is 5.02 Å². The average molecular weight is 260 g/mol. The van der Waals surface area contributed by atoms with Gasteiger partial charge in [0.2, 0.25) is 0 Å². The van der Waals surface area contributed by atoms with Crippen molar-refractivity contribution in [1.29, 1.82) is 0 Å². The van der Waals surface area contributed by atoms with Gasteiger partial charge in [0, 0.05) is 11.6 Å². The smallest absolute Gasteiger partial charge is 0.142 e. The number of hydrogen-bond donors (Lipinski definition) is 1. The van der Waals surface area contributed by atoms with Crippen molar-refractivity contribution in [3.63, 3.8) is 0 Å². The van der Waals surface area contributed by atoms with E-state index in [0.29, 0.717) is 12.0 Å². The molecule has 0 amide bonds. The van der Waals surface area contributed by atoms with Crippen LogP contribution in [-0.2, 0) is 0 Å². The quantitative estimate of drug-likeness (QED) is 0.595. The fraction of sp³-hybridized carbons (Fsp3) is 0.385. The van der Waals surface area contributed by atoms with Gasteiger partial charge in [-0.05, 0) is 31.5 Å². The summed E-state index contributed by atoms with van der Waals surface area (Å²) in [5.41, 5.74) is 0.292. The number of benzene rings is 1. The van der Waals surface area contributed by atoms with E-state index in [1.54, 1.807) is 6.08 Å². The molecule has 1 nitrogen and oxygen atoms in total. The Morgan fingerprint density at radius 2 is 2.12 bits per heavy atom. The number of hydrogen-bond acceptors (Lipinski definition) is 1. The zero-order valence-corrected chi connectivity index (χ0v) is 10.5. The fourth-order valence-corrected chi connectivity index (χ4v) is 1.76. The predicted octanol–water partition coefficient (Wildman–Crippen LogP) is 4.24. The molecule has 0 spiro atoms. The van der Waals surface area contributed by atoms with Crippen LogP contribution in [0, 0.1) is 11.6 Å². The molecule has 1 unspecified atom stereocenters. The Hall–Kier alpha value is -0.930. The average Bonchev–Trinajstić information content (AvgIpc) is 2.29. The van der Waals surface area contributed by atoms with Crippen LogP contribution in [0.3, 0.4) is 0 Å². The number of halogens is 3. The van der Waals surface area contributed by atoms with Gasteiger partial charge in [-0.3, -0.25) is 0 Å². The largest absolute Gasteiger partial charge is 0.310 e. The number of nitrogens with one attached hydrogen (secondary N) is 1. The first kappa shape index (κ1) is 14.1. The van der Waals surface area contributed by atoms with Crippen LogP contribution in [0.5, 0.6) is 0 Å². The first-order valence-electron chi connectivity index (χ1n) is 5.58. The summed E-state index contributed by atoms with van der Waals surface area (Å²) < 4.78 is 27.0. The van der Waals surface area contributed by atoms with Gasteiger partial charge in [-0.25, -0.2) is 8.78 Å². The summed E-state index contributed by atoms with van der Waals surface area (Å²) in [5, 5.41) is 2.96. The third kappa shape index (κ3) is 3.79. The Bertz CT molecular complexity index is 393. The van der Waals surface area contributed by atoms with Gasteiger partial charge >= 0.3 is 0 Å². The lowest BCUT2D eigenvalue weighted by Crippen LogP contribution is -2.22. The molecule has 0 aliphatic heterocycles. The minimum atomic E-state index is -0.601. The zero-order valence-electron chi connectivity index (χ0n) is 9.77. The van der Waals surface area contributed by atoms with Crippen molar-refractivity contribution in [2.24, 2.45) is 0 Å². The molecular weight excluding hydrogens is 244 g/mol. The Morgan fingerprint density at radius 1 is 1.41 bits per heavy atom. The van der Waals surface area contributed by atoms with E-state index in [0.717, 1.165) is 25.1 Å². The second-order valence-electron chi connectivity index (χ2n) is 3.82. The molecule has 17 heavy (non-hydrogen) atoms. The van der Waals surface area contributed by atoms with Crippen LogP contribution in [0.4, 0.5) is 8.78 Å². The first-order valence-corrected chi connectivity index (χ1v) is 5.96. The molecule has 1 aromatic carbocycles. The lowest BCUT2D eigenvalue weighted by atomic mass is 10.0. The first-order chi connectivity index (χ1) is 8.10. The minimum absolute atomic E-state index is 0.195. The van der Waals surface area contributed by atoms with Gasteiger partial charge in [0.15, 0.2) is 0 Å². The normalized spacial score (nSPS) is 12.5. The van der Waals surface area contributed by atoms with Crippen molar-refractivity contribution in [3.05, 3.63) is 47.0 Å². The lowest BCUT2D eigenvalue weighted by Gasteiger charge is -2.18. The highest BCUT2D eigenvalue weighted by atomic mass is 35.5. The zero-order chi connectivity index (χ0) is 12.8. The molecule has 0 saturated heterocycles. The minimum Gasteiger partial charge on any atom is -0.310 e. The monoisotopic (exact) mass is 259 g/mol. The highest BCUT2D eigenvalue weighted by Gasteiger charge is 2.16. The lowest BCUT2D eigenvalue weighted by molar-refractivity contribution is 0.496. The predicted molar refractivity (Wildman–Crippen MR) is 67.2 cm³/mol. The Labute approximate surface area is 105 Å². The summed E-state index contributed by atoms with van der Waals surface area (Å²) in [6, 6.07) is 1.89. The molecule has 0 radical (unpaired) electrons. The molecule has 0 bridgehead atoms. The fourth-order valence-electron chi connectivity index (χ4n) is 1.61. The highest BCUT2D eigenvalue weighted by molar-refractivity contribution is 6.30. The third-order valence-electron chi connectivity index (χ3n) is 2.46. The molecule has 0 aliphatic rings. The van der Waals surface area contributed by atoms with E-state index in [-0.39, 0.29) is 11.1 Å². The van der Waals surface area contributed by atoms with Crippen LogP contribution >= 0.6 is 11.6 Å². The second kappa shape index (κ2) is 6.72. The summed E-state index contributed by atoms with van der Waals surface area (Å²) >= 11 is 5.52. The van der Waals surface area contributed by atoms with Gasteiger partial charge < -0.3 is 5.32 Å². The topological polar surface area (TPSA) is 12.0 Å². The standard InChI is InChI=1S/C13H16ClF2N/c1-3-5-13(17-6-4-2)9-7-12(16)10(14)8-11(9)15/h3,7-8,13,17H,1,4-6H2,2H3. The maximum absolute atomic E-state index is 13.7. The van der Waals surface area contributed by atoms with Gasteiger partial charge in [-0.2, -0.15) is 0 Å². The molecule has 1 aromatic rings. The molecule has 1 atom stereocenters. The molecule has 0 heterocycles. The van der Waals surface area contributed by atoms with Crippen molar-refractivity contribution < 1.29 is 8.78 Å². The SMILES string of the molecule is C=CCC(NCCC)c1cc(F)c(Cl)cc1F. The van der Waals surface area contributed by atoms with Gasteiger partial charge in [-0.1, -0.05) is 24.6 Å². The maximum atomic E-state index is 13.7. The Kier molecular flexibility index (Phi) is 5.59. The van der Waals surface area contributed by atoms with Crippen LogP contribution in [-0.4, -0.2) is 6.54 Å². The maximum Gasteiger partial charge on any atom is 0.142 e. The molecule has 4 heteroatoms. The van der Waals surface area contributed by atoms with Crippen molar-refractivity contribution in [2.75, 3.05) is 6.54 Å². The van der Waals surface area contributed by atoms with E-state index in [4.69, 9.17) is 11.6 Å². The molecule has 0 saturated carbocycles. The van der Waals surface area contributed by atoms with Crippen LogP contribution in [0.15, 0.2) is 24.8 Å². The Morgan fingerprint density at radius 3 is 2.71 bits per heavy atom. The summed E-state index contributed by atoms with van der Waals surface area (Å²) in [4.78, 5) is 0. The van der Waals surface area contributed by atoms with E-state index >= 15 is 0 Å². The highest BCUT2D eigenvalue weighted by Crippen LogP contribution is 2.26. The summed E-state index contributed by atoms with van der Waals surface area (Å²) in [6.07, 6.45) is 3.14. The van der Waals surface area contributed by atoms with E-state index < -0.39 is 11.6 Å². The van der Waals surface area contributed by atoms with Crippen LogP contribution in [0.25, 0.3) is 0 Å². The second-order valence-corrected chi connectivity index (χ2v) is 4.23. The van der Waals surface area contributed by atoms with E-state index in [2.05, 4.69) is 11.9 Å². The van der Waals surface area contributed by atoms with Crippen molar-refractivity contribution in [1.82, 2.24) is 5.32 Å². The van der Waals surface area contributed by atoms with Crippen molar-refractivity contribution in [3.8, 4) is 0 Å².